The van der Waals surface area contributed by atoms with Crippen molar-refractivity contribution in [2.75, 3.05) is 71.3 Å². The Morgan fingerprint density at radius 1 is 0.939 bits per heavy atom. The Morgan fingerprint density at radius 2 is 1.73 bits per heavy atom. The zero-order valence-corrected chi connectivity index (χ0v) is 39.1. The number of rotatable bonds is 23. The fourth-order valence-electron chi connectivity index (χ4n) is 8.62. The van der Waals surface area contributed by atoms with E-state index < -0.39 is 23.7 Å². The van der Waals surface area contributed by atoms with Crippen LogP contribution in [-0.4, -0.2) is 112 Å². The minimum Gasteiger partial charge on any atom is -0.448 e. The lowest BCUT2D eigenvalue weighted by atomic mass is 9.93. The van der Waals surface area contributed by atoms with E-state index in [1.54, 1.807) is 19.9 Å². The van der Waals surface area contributed by atoms with Crippen LogP contribution >= 0.6 is 0 Å². The van der Waals surface area contributed by atoms with E-state index >= 15 is 0 Å². The van der Waals surface area contributed by atoms with E-state index in [0.717, 1.165) is 45.8 Å². The molecule has 2 aliphatic rings. The van der Waals surface area contributed by atoms with Crippen LogP contribution < -0.4 is 15.5 Å². The lowest BCUT2D eigenvalue weighted by Gasteiger charge is -2.19. The van der Waals surface area contributed by atoms with Gasteiger partial charge in [0.2, 0.25) is 5.91 Å². The number of ketones is 1. The summed E-state index contributed by atoms with van der Waals surface area (Å²) in [7, 11) is 1.53. The van der Waals surface area contributed by atoms with Gasteiger partial charge in [0.1, 0.15) is 19.2 Å². The Bertz CT molecular complexity index is 2460. The molecule has 0 spiro atoms. The summed E-state index contributed by atoms with van der Waals surface area (Å²) in [6, 6.07) is 15.1. The molecule has 0 fully saturated rings. The highest BCUT2D eigenvalue weighted by Crippen LogP contribution is 2.48. The predicted molar refractivity (Wildman–Crippen MR) is 251 cm³/mol. The van der Waals surface area contributed by atoms with Crippen LogP contribution in [0.2, 0.25) is 0 Å². The quantitative estimate of drug-likeness (QED) is 0.0290. The molecule has 1 unspecified atom stereocenters. The molecule has 352 valence electrons. The summed E-state index contributed by atoms with van der Waals surface area (Å²) >= 11 is 0. The second-order valence-electron chi connectivity index (χ2n) is 16.7. The van der Waals surface area contributed by atoms with Crippen molar-refractivity contribution in [3.63, 3.8) is 0 Å². The number of nitrogens with one attached hydrogen (secondary N) is 3. The summed E-state index contributed by atoms with van der Waals surface area (Å²) in [4.78, 5) is 74.7. The van der Waals surface area contributed by atoms with Crippen molar-refractivity contribution >= 4 is 46.9 Å². The maximum atomic E-state index is 14.9. The van der Waals surface area contributed by atoms with Crippen LogP contribution in [0.1, 0.15) is 113 Å². The number of H-pyrrole nitrogens is 1. The van der Waals surface area contributed by atoms with E-state index in [1.165, 1.54) is 31.4 Å². The smallest absolute Gasteiger partial charge is 0.421 e. The fourth-order valence-corrected chi connectivity index (χ4v) is 8.62. The number of likely N-dealkylation sites (N-methyl/N-ethyl adjacent to an activating group) is 1. The highest BCUT2D eigenvalue weighted by molar-refractivity contribution is 6.41. The third-order valence-corrected chi connectivity index (χ3v) is 12.0. The summed E-state index contributed by atoms with van der Waals surface area (Å²) in [5, 5.41) is 5.83. The van der Waals surface area contributed by atoms with E-state index in [9.17, 15) is 28.4 Å². The maximum absolute atomic E-state index is 14.9. The molecule has 1 atom stereocenters. The number of carbonyl (C=O) groups excluding carboxylic acids is 5. The third-order valence-electron chi connectivity index (χ3n) is 12.0. The number of benzene rings is 3. The maximum Gasteiger partial charge on any atom is 0.421 e. The van der Waals surface area contributed by atoms with Crippen LogP contribution in [0.25, 0.3) is 22.8 Å². The molecular formula is C51H62FN5O9. The first-order chi connectivity index (χ1) is 31.8. The summed E-state index contributed by atoms with van der Waals surface area (Å²) in [6.07, 6.45) is 2.11. The molecule has 15 heteroatoms. The van der Waals surface area contributed by atoms with E-state index in [1.807, 2.05) is 44.2 Å². The number of hydrogen-bond donors (Lipinski definition) is 3. The molecular weight excluding hydrogens is 846 g/mol. The van der Waals surface area contributed by atoms with Crippen molar-refractivity contribution in [1.82, 2.24) is 20.5 Å². The van der Waals surface area contributed by atoms with E-state index in [-0.39, 0.29) is 66.8 Å². The number of anilines is 1. The van der Waals surface area contributed by atoms with Gasteiger partial charge in [0.05, 0.1) is 29.5 Å². The molecule has 1 aliphatic heterocycles. The molecule has 1 aliphatic carbocycles. The summed E-state index contributed by atoms with van der Waals surface area (Å²) in [5.74, 6) is -2.28. The van der Waals surface area contributed by atoms with Gasteiger partial charge in [0.25, 0.3) is 11.8 Å². The Hall–Kier alpha value is -6.00. The van der Waals surface area contributed by atoms with E-state index in [0.29, 0.717) is 73.8 Å². The standard InChI is InChI=1S/C51H62FN5O9/c1-8-56(9-2)23-21-54-49(60)47-32(5)43(55-33(47)6)28-41-40-27-35(52)17-19-44(40)57(50(41)61)51(62)66-29-42-36-12-10-13-38(45(58)14-11-24-65-31(3)4)48(36)37-18-15-34(26-39(37)42)16-20-46(59)53-22-25-64-30-63-7/h10,12-13,15,17-19,26-28,31,42,55H,8-9,11,14,16,20-25,29-30H2,1-7H3,(H,53,59)(H,54,60)/b41-28-. The molecule has 6 rings (SSSR count). The predicted octanol–water partition coefficient (Wildman–Crippen LogP) is 7.74. The Balaban J connectivity index is 1.25. The topological polar surface area (TPSA) is 169 Å². The van der Waals surface area contributed by atoms with Gasteiger partial charge in [-0.25, -0.2) is 14.1 Å². The van der Waals surface area contributed by atoms with Crippen molar-refractivity contribution in [2.24, 2.45) is 0 Å². The Morgan fingerprint density at radius 3 is 2.47 bits per heavy atom. The van der Waals surface area contributed by atoms with Crippen LogP contribution in [0.4, 0.5) is 14.9 Å². The molecule has 0 radical (unpaired) electrons. The molecule has 14 nitrogen and oxygen atoms in total. The normalized spacial score (nSPS) is 14.5. The number of imide groups is 1. The first-order valence-electron chi connectivity index (χ1n) is 22.7. The Labute approximate surface area is 386 Å². The Kier molecular flexibility index (Phi) is 17.2. The van der Waals surface area contributed by atoms with Gasteiger partial charge < -0.3 is 39.5 Å². The van der Waals surface area contributed by atoms with Gasteiger partial charge in [-0.15, -0.1) is 0 Å². The zero-order chi connectivity index (χ0) is 47.5. The molecule has 0 saturated carbocycles. The van der Waals surface area contributed by atoms with Crippen molar-refractivity contribution in [3.05, 3.63) is 111 Å². The molecule has 0 bridgehead atoms. The number of nitrogens with zero attached hydrogens (tertiary/aromatic N) is 2. The molecule has 4 aromatic rings. The number of methoxy groups -OCH3 is 1. The third kappa shape index (κ3) is 11.5. The largest absolute Gasteiger partial charge is 0.448 e. The van der Waals surface area contributed by atoms with Crippen LogP contribution in [-0.2, 0) is 35.0 Å². The monoisotopic (exact) mass is 907 g/mol. The molecule has 66 heavy (non-hydrogen) atoms. The second kappa shape index (κ2) is 22.9. The molecule has 0 saturated heterocycles. The number of aryl methyl sites for hydroxylation is 2. The number of halogens is 1. The van der Waals surface area contributed by atoms with Gasteiger partial charge in [-0.3, -0.25) is 19.2 Å². The van der Waals surface area contributed by atoms with Crippen LogP contribution in [0.15, 0.2) is 54.6 Å². The average Bonchev–Trinajstić information content (AvgIpc) is 3.88. The summed E-state index contributed by atoms with van der Waals surface area (Å²) in [6.45, 7) is 15.5. The van der Waals surface area contributed by atoms with Crippen LogP contribution in [0.3, 0.4) is 0 Å². The SMILES string of the molecule is CCN(CC)CCNC(=O)c1c(C)[nH]c(/C=C2\C(=O)N(C(=O)OCC3c4cc(CCC(=O)NCCOCOC)ccc4-c4c(C(=O)CCCOC(C)C)cccc43)c3ccc(F)cc32)c1C. The highest BCUT2D eigenvalue weighted by atomic mass is 19.1. The number of hydrogen-bond acceptors (Lipinski definition) is 10. The minimum atomic E-state index is -0.960. The second-order valence-corrected chi connectivity index (χ2v) is 16.7. The first-order valence-corrected chi connectivity index (χ1v) is 22.7. The lowest BCUT2D eigenvalue weighted by molar-refractivity contribution is -0.121. The van der Waals surface area contributed by atoms with Gasteiger partial charge in [-0.05, 0) is 111 Å². The van der Waals surface area contributed by atoms with Crippen molar-refractivity contribution < 1.29 is 47.3 Å². The number of ether oxygens (including phenoxy) is 4. The first kappa shape index (κ1) is 49.4. The molecule has 3 N–H and O–H groups in total. The highest BCUT2D eigenvalue weighted by Gasteiger charge is 2.40. The number of aromatic nitrogens is 1. The minimum absolute atomic E-state index is 0.0422. The van der Waals surface area contributed by atoms with Gasteiger partial charge >= 0.3 is 6.09 Å². The van der Waals surface area contributed by atoms with Crippen molar-refractivity contribution in [2.45, 2.75) is 79.2 Å². The average molecular weight is 908 g/mol. The number of carbonyl (C=O) groups is 5. The number of amides is 4. The lowest BCUT2D eigenvalue weighted by Crippen LogP contribution is -2.35. The number of fused-ring (bicyclic) bond motifs is 4. The fraction of sp³-hybridized carbons (Fsp3) is 0.431. The van der Waals surface area contributed by atoms with Crippen molar-refractivity contribution in [3.8, 4) is 11.1 Å². The van der Waals surface area contributed by atoms with Gasteiger partial charge in [-0.2, -0.15) is 0 Å². The zero-order valence-electron chi connectivity index (χ0n) is 39.1. The molecule has 1 aromatic heterocycles. The number of Topliss-reactive ketones (excluding diaryl/α,β-unsaturated/α-hetero) is 1. The summed E-state index contributed by atoms with van der Waals surface area (Å²) in [5.41, 5.74) is 7.09. The summed E-state index contributed by atoms with van der Waals surface area (Å²) < 4.78 is 36.7. The van der Waals surface area contributed by atoms with Gasteiger partial charge in [0, 0.05) is 74.6 Å². The van der Waals surface area contributed by atoms with Crippen molar-refractivity contribution in [1.29, 1.82) is 0 Å². The van der Waals surface area contributed by atoms with Gasteiger partial charge in [-0.1, -0.05) is 50.2 Å². The van der Waals surface area contributed by atoms with Gasteiger partial charge in [0.15, 0.2) is 5.78 Å². The van der Waals surface area contributed by atoms with Crippen LogP contribution in [0.5, 0.6) is 0 Å². The van der Waals surface area contributed by atoms with E-state index in [4.69, 9.17) is 18.9 Å². The molecule has 4 amide bonds. The van der Waals surface area contributed by atoms with Crippen LogP contribution in [0, 0.1) is 19.7 Å². The number of aromatic amines is 1. The molecule has 2 heterocycles. The molecule has 3 aromatic carbocycles. The van der Waals surface area contributed by atoms with E-state index in [2.05, 4.69) is 34.4 Å².